The van der Waals surface area contributed by atoms with Gasteiger partial charge in [0, 0.05) is 12.3 Å². The Bertz CT molecular complexity index is 2690. The fourth-order valence-electron chi connectivity index (χ4n) is 10.5. The molecule has 0 radical (unpaired) electrons. The van der Waals surface area contributed by atoms with Crippen molar-refractivity contribution in [3.8, 4) is 5.75 Å². The van der Waals surface area contributed by atoms with E-state index >= 15 is 0 Å². The number of nitrogens with zero attached hydrogens (tertiary/aromatic N) is 3. The number of hydrogen-bond acceptors (Lipinski definition) is 31. The molecule has 5 aliphatic rings. The maximum atomic E-state index is 14.9. The van der Waals surface area contributed by atoms with Crippen molar-refractivity contribution < 1.29 is 119 Å². The second-order valence-electron chi connectivity index (χ2n) is 21.5. The number of amides is 4. The van der Waals surface area contributed by atoms with Gasteiger partial charge in [-0.3, -0.25) is 29.2 Å². The average molecular weight is 1240 g/mol. The molecule has 87 heavy (non-hydrogen) atoms. The summed E-state index contributed by atoms with van der Waals surface area (Å²) >= 11 is 0. The number of aliphatic hydroxyl groups excluding tert-OH is 14. The molecule has 20 unspecified atom stereocenters. The van der Waals surface area contributed by atoms with Gasteiger partial charge in [0.05, 0.1) is 57.6 Å². The van der Waals surface area contributed by atoms with Gasteiger partial charge in [-0.1, -0.05) is 49.4 Å². The highest BCUT2D eigenvalue weighted by molar-refractivity contribution is 5.96. The van der Waals surface area contributed by atoms with E-state index in [0.717, 1.165) is 4.90 Å². The second-order valence-corrected chi connectivity index (χ2v) is 21.5. The van der Waals surface area contributed by atoms with Crippen LogP contribution in [0.5, 0.6) is 5.75 Å². The summed E-state index contributed by atoms with van der Waals surface area (Å²) in [6.45, 7) is -2.68. The molecule has 0 spiro atoms. The Hall–Kier alpha value is -6.43. The molecule has 2 aromatic rings. The van der Waals surface area contributed by atoms with Gasteiger partial charge in [0.1, 0.15) is 122 Å². The third-order valence-electron chi connectivity index (χ3n) is 15.7. The molecular formula is C52H77N11O24. The van der Waals surface area contributed by atoms with Crippen LogP contribution in [0.3, 0.4) is 0 Å². The number of carbonyl (C=O) groups is 5. The Labute approximate surface area is 495 Å². The summed E-state index contributed by atoms with van der Waals surface area (Å²) in [5.74, 6) is -6.18. The highest BCUT2D eigenvalue weighted by atomic mass is 16.7. The van der Waals surface area contributed by atoms with Crippen molar-refractivity contribution in [2.75, 3.05) is 39.5 Å². The largest absolute Gasteiger partial charge is 0.462 e. The molecule has 35 nitrogen and oxygen atoms in total. The zero-order valence-electron chi connectivity index (χ0n) is 46.6. The minimum atomic E-state index is -2.26. The highest BCUT2D eigenvalue weighted by Gasteiger charge is 2.54. The average Bonchev–Trinajstić information content (AvgIpc) is 2.34. The Kier molecular flexibility index (Phi) is 23.6. The molecule has 7 rings (SSSR count). The molecule has 3 saturated heterocycles. The van der Waals surface area contributed by atoms with Crippen LogP contribution in [-0.2, 0) is 49.3 Å². The third-order valence-corrected chi connectivity index (χ3v) is 15.7. The number of carbonyl (C=O) groups excluding carboxylic acids is 5. The van der Waals surface area contributed by atoms with Crippen molar-refractivity contribution in [3.63, 3.8) is 0 Å². The number of ether oxygens (including phenoxy) is 5. The van der Waals surface area contributed by atoms with Crippen molar-refractivity contribution in [2.45, 2.75) is 166 Å². The van der Waals surface area contributed by atoms with Crippen molar-refractivity contribution >= 4 is 41.8 Å². The topological polar surface area (TPSA) is 581 Å². The van der Waals surface area contributed by atoms with Gasteiger partial charge in [-0.2, -0.15) is 0 Å². The van der Waals surface area contributed by atoms with Crippen LogP contribution in [0.4, 0.5) is 0 Å². The SMILES string of the molecule is CC(c1ccccc1)[C@H](N)C(=O)N[C@@H](Cc1ccc(OC2OC(CO)C(OC3OC(CO)C(O)C(O)C3O)C(O)C2O)cc1)C(=O)N[C@H](C(=O)N[C@H](C(=O)N[C@H](C=O)CO)C(O)C1CN=C(N)N1C1OC(CO)C(O)C(O)C1O)C(O)C1CN=C(N)N1. The van der Waals surface area contributed by atoms with Gasteiger partial charge in [-0.25, -0.2) is 0 Å². The van der Waals surface area contributed by atoms with Gasteiger partial charge in [0.25, 0.3) is 0 Å². The maximum absolute atomic E-state index is 14.9. The molecule has 0 aromatic heterocycles. The number of nitrogens with one attached hydrogen (secondary N) is 5. The van der Waals surface area contributed by atoms with Crippen LogP contribution in [-0.4, -0.2) is 304 Å². The first kappa shape index (κ1) is 68.1. The number of nitrogens with two attached hydrogens (primary N) is 3. The summed E-state index contributed by atoms with van der Waals surface area (Å²) < 4.78 is 28.2. The smallest absolute Gasteiger partial charge is 0.246 e. The highest BCUT2D eigenvalue weighted by Crippen LogP contribution is 2.32. The summed E-state index contributed by atoms with van der Waals surface area (Å²) in [5, 5.41) is 161. The molecule has 25 N–H and O–H groups in total. The monoisotopic (exact) mass is 1240 g/mol. The van der Waals surface area contributed by atoms with Gasteiger partial charge in [-0.05, 0) is 23.3 Å². The molecule has 4 amide bonds. The lowest BCUT2D eigenvalue weighted by atomic mass is 9.93. The van der Waals surface area contributed by atoms with Crippen LogP contribution in [0.1, 0.15) is 24.0 Å². The number of aliphatic hydroxyl groups is 14. The lowest BCUT2D eigenvalue weighted by Gasteiger charge is -2.46. The minimum Gasteiger partial charge on any atom is -0.462 e. The normalized spacial score (nSPS) is 33.6. The van der Waals surface area contributed by atoms with Gasteiger partial charge >= 0.3 is 0 Å². The van der Waals surface area contributed by atoms with Gasteiger partial charge in [-0.15, -0.1) is 0 Å². The minimum absolute atomic E-state index is 0.0449. The fraction of sp³-hybridized carbons (Fsp3) is 0.635. The molecular weight excluding hydrogens is 1160 g/mol. The zero-order chi connectivity index (χ0) is 63.7. The summed E-state index contributed by atoms with van der Waals surface area (Å²) in [4.78, 5) is 78.8. The molecule has 0 aliphatic carbocycles. The predicted octanol–water partition coefficient (Wildman–Crippen LogP) is -12.7. The Morgan fingerprint density at radius 2 is 1.25 bits per heavy atom. The number of benzene rings is 2. The number of rotatable bonds is 26. The van der Waals surface area contributed by atoms with Gasteiger partial charge < -0.3 is 149 Å². The fourth-order valence-corrected chi connectivity index (χ4v) is 10.5. The van der Waals surface area contributed by atoms with E-state index < -0.39 is 221 Å². The van der Waals surface area contributed by atoms with Gasteiger partial charge in [0.15, 0.2) is 24.4 Å². The molecule has 25 atom stereocenters. The van der Waals surface area contributed by atoms with E-state index in [-0.39, 0.29) is 30.1 Å². The Morgan fingerprint density at radius 3 is 1.85 bits per heavy atom. The van der Waals surface area contributed by atoms with Crippen LogP contribution >= 0.6 is 0 Å². The van der Waals surface area contributed by atoms with E-state index in [2.05, 4.69) is 36.6 Å². The zero-order valence-corrected chi connectivity index (χ0v) is 46.6. The van der Waals surface area contributed by atoms with Crippen molar-refractivity contribution in [2.24, 2.45) is 27.2 Å². The summed E-state index contributed by atoms with van der Waals surface area (Å²) in [6, 6.07) is 2.14. The van der Waals surface area contributed by atoms with Crippen molar-refractivity contribution in [3.05, 3.63) is 65.7 Å². The van der Waals surface area contributed by atoms with Crippen LogP contribution < -0.4 is 48.5 Å². The first-order valence-electron chi connectivity index (χ1n) is 27.6. The first-order valence-corrected chi connectivity index (χ1v) is 27.6. The maximum Gasteiger partial charge on any atom is 0.246 e. The number of hydrogen-bond donors (Lipinski definition) is 22. The molecule has 35 heteroatoms. The number of aliphatic imine (C=N–C) groups is 2. The van der Waals surface area contributed by atoms with Crippen molar-refractivity contribution in [1.29, 1.82) is 0 Å². The van der Waals surface area contributed by atoms with Crippen LogP contribution in [0, 0.1) is 0 Å². The lowest BCUT2D eigenvalue weighted by Crippen LogP contribution is -2.70. The lowest BCUT2D eigenvalue weighted by molar-refractivity contribution is -0.352. The Balaban J connectivity index is 1.15. The molecule has 0 saturated carbocycles. The third kappa shape index (κ3) is 15.5. The van der Waals surface area contributed by atoms with Crippen LogP contribution in [0.15, 0.2) is 64.6 Å². The quantitative estimate of drug-likeness (QED) is 0.0389. The van der Waals surface area contributed by atoms with E-state index in [4.69, 9.17) is 40.9 Å². The Morgan fingerprint density at radius 1 is 0.678 bits per heavy atom. The number of guanidine groups is 2. The van der Waals surface area contributed by atoms with E-state index in [1.54, 1.807) is 37.3 Å². The van der Waals surface area contributed by atoms with Crippen LogP contribution in [0.2, 0.25) is 0 Å². The summed E-state index contributed by atoms with van der Waals surface area (Å²) in [6.07, 6.45) is -31.0. The number of aldehydes is 1. The molecule has 5 heterocycles. The van der Waals surface area contributed by atoms with E-state index in [0.29, 0.717) is 5.56 Å². The van der Waals surface area contributed by atoms with E-state index in [9.17, 15) is 95.5 Å². The van der Waals surface area contributed by atoms with Crippen LogP contribution in [0.25, 0.3) is 0 Å². The first-order chi connectivity index (χ1) is 41.4. The molecule has 0 bridgehead atoms. The standard InChI is InChI=1S/C52H77N11O24/c1-19(21-5-3-2-4-6-21)30(53)45(80)59-24(11-20-7-9-23(10-8-20)83-49-42(78)39(75)43(29(18-68)86-49)87-50-41(77)38(74)36(72)28(17-67)85-50)44(79)61-31(33(69)25-12-56-51(54)60-25)47(82)62-32(46(81)58-22(14-64)15-65)34(70)26-13-57-52(55)63(26)48-40(76)37(73)35(71)27(16-66)84-48/h2-10,14,19,22,24-43,48-50,65-78H,11-13,15-18,53H2,1H3,(H2,55,57)(H,58,81)(H,59,80)(H,61,79)(H,62,82)(H3,54,56,60)/t19?,22-,24+,25?,26?,27?,28?,29?,30+,31+,32+,33?,34?,35?,36?,37?,38?,39?,40?,41?,42?,43?,48?,49?,50?/m1/s1. The van der Waals surface area contributed by atoms with Crippen molar-refractivity contribution in [1.82, 2.24) is 31.5 Å². The summed E-state index contributed by atoms with van der Waals surface area (Å²) in [7, 11) is 0. The van der Waals surface area contributed by atoms with E-state index in [1.165, 1.54) is 24.3 Å². The molecule has 3 fully saturated rings. The molecule has 5 aliphatic heterocycles. The second kappa shape index (κ2) is 30.2. The molecule has 2 aromatic carbocycles. The predicted molar refractivity (Wildman–Crippen MR) is 292 cm³/mol. The van der Waals surface area contributed by atoms with E-state index in [1.807, 2.05) is 0 Å². The molecule has 484 valence electrons. The summed E-state index contributed by atoms with van der Waals surface area (Å²) in [5.41, 5.74) is 19.4. The van der Waals surface area contributed by atoms with Gasteiger partial charge in [0.2, 0.25) is 29.9 Å².